The van der Waals surface area contributed by atoms with Crippen LogP contribution in [0.15, 0.2) is 24.3 Å². The van der Waals surface area contributed by atoms with Gasteiger partial charge in [-0.2, -0.15) is 0 Å². The molecule has 1 amide bonds. The fourth-order valence-corrected chi connectivity index (χ4v) is 5.57. The zero-order chi connectivity index (χ0) is 15.9. The molecule has 124 valence electrons. The molecule has 0 aromatic heterocycles. The van der Waals surface area contributed by atoms with E-state index in [1.165, 1.54) is 19.3 Å². The van der Waals surface area contributed by atoms with Gasteiger partial charge in [-0.1, -0.05) is 11.6 Å². The van der Waals surface area contributed by atoms with Gasteiger partial charge < -0.3 is 10.1 Å². The predicted octanol–water partition coefficient (Wildman–Crippen LogP) is 4.05. The highest BCUT2D eigenvalue weighted by molar-refractivity contribution is 6.30. The second kappa shape index (κ2) is 6.01. The Bertz CT molecular complexity index is 548. The van der Waals surface area contributed by atoms with Crippen molar-refractivity contribution in [1.29, 1.82) is 0 Å². The van der Waals surface area contributed by atoms with Crippen LogP contribution in [0.2, 0.25) is 5.02 Å². The summed E-state index contributed by atoms with van der Waals surface area (Å²) in [6, 6.07) is 7.32. The Kier molecular flexibility index (Phi) is 4.00. The lowest BCUT2D eigenvalue weighted by molar-refractivity contribution is -0.146. The first kappa shape index (κ1) is 15.3. The molecule has 4 aliphatic carbocycles. The van der Waals surface area contributed by atoms with Crippen LogP contribution in [0.3, 0.4) is 0 Å². The van der Waals surface area contributed by atoms with E-state index in [0.29, 0.717) is 18.2 Å². The molecule has 1 N–H and O–H groups in total. The molecule has 0 unspecified atom stereocenters. The molecule has 4 aliphatic rings. The lowest BCUT2D eigenvalue weighted by atomic mass is 9.49. The quantitative estimate of drug-likeness (QED) is 0.825. The summed E-state index contributed by atoms with van der Waals surface area (Å²) in [7, 11) is 0. The largest absolute Gasteiger partial charge is 0.492 e. The lowest BCUT2D eigenvalue weighted by Gasteiger charge is -2.55. The van der Waals surface area contributed by atoms with E-state index in [-0.39, 0.29) is 11.3 Å². The minimum Gasteiger partial charge on any atom is -0.492 e. The molecule has 4 heteroatoms. The summed E-state index contributed by atoms with van der Waals surface area (Å²) in [6.07, 6.45) is 7.44. The molecule has 23 heavy (non-hydrogen) atoms. The third kappa shape index (κ3) is 3.08. The van der Waals surface area contributed by atoms with Gasteiger partial charge in [0.25, 0.3) is 0 Å². The van der Waals surface area contributed by atoms with Gasteiger partial charge in [-0.25, -0.2) is 0 Å². The zero-order valence-electron chi connectivity index (χ0n) is 13.4. The summed E-state index contributed by atoms with van der Waals surface area (Å²) in [6.45, 7) is 1.07. The standard InChI is InChI=1S/C19H24ClNO2/c20-16-1-3-17(4-2-16)23-6-5-21-18(22)19-10-13-7-14(11-19)9-15(8-13)12-19/h1-4,13-15H,5-12H2,(H,21,22). The van der Waals surface area contributed by atoms with E-state index in [9.17, 15) is 4.79 Å². The fourth-order valence-electron chi connectivity index (χ4n) is 5.44. The SMILES string of the molecule is O=C(NCCOc1ccc(Cl)cc1)C12CC3CC(CC(C3)C1)C2. The number of rotatable bonds is 5. The van der Waals surface area contributed by atoms with Gasteiger partial charge in [0.2, 0.25) is 5.91 Å². The average Bonchev–Trinajstić information content (AvgIpc) is 2.52. The van der Waals surface area contributed by atoms with Crippen molar-refractivity contribution in [1.82, 2.24) is 5.32 Å². The van der Waals surface area contributed by atoms with E-state index in [1.54, 1.807) is 0 Å². The number of nitrogens with one attached hydrogen (secondary N) is 1. The van der Waals surface area contributed by atoms with Crippen LogP contribution in [-0.4, -0.2) is 19.1 Å². The first-order chi connectivity index (χ1) is 11.1. The Morgan fingerprint density at radius 2 is 1.65 bits per heavy atom. The molecule has 0 atom stereocenters. The molecule has 0 aliphatic heterocycles. The Balaban J connectivity index is 1.28. The number of benzene rings is 1. The summed E-state index contributed by atoms with van der Waals surface area (Å²) in [4.78, 5) is 12.8. The van der Waals surface area contributed by atoms with Gasteiger partial charge in [0.05, 0.1) is 6.54 Å². The highest BCUT2D eigenvalue weighted by atomic mass is 35.5. The number of carbonyl (C=O) groups is 1. The average molecular weight is 334 g/mol. The highest BCUT2D eigenvalue weighted by Gasteiger charge is 2.54. The smallest absolute Gasteiger partial charge is 0.226 e. The van der Waals surface area contributed by atoms with E-state index in [2.05, 4.69) is 5.32 Å². The second-order valence-corrected chi connectivity index (χ2v) is 8.19. The van der Waals surface area contributed by atoms with Crippen molar-refractivity contribution in [2.24, 2.45) is 23.2 Å². The maximum atomic E-state index is 12.8. The predicted molar refractivity (Wildman–Crippen MR) is 90.6 cm³/mol. The van der Waals surface area contributed by atoms with E-state index >= 15 is 0 Å². The number of amides is 1. The van der Waals surface area contributed by atoms with Crippen LogP contribution < -0.4 is 10.1 Å². The van der Waals surface area contributed by atoms with Crippen LogP contribution in [0.4, 0.5) is 0 Å². The number of ether oxygens (including phenoxy) is 1. The number of halogens is 1. The van der Waals surface area contributed by atoms with Gasteiger partial charge >= 0.3 is 0 Å². The van der Waals surface area contributed by atoms with Crippen molar-refractivity contribution in [2.45, 2.75) is 38.5 Å². The molecule has 0 heterocycles. The lowest BCUT2D eigenvalue weighted by Crippen LogP contribution is -2.54. The molecular formula is C19H24ClNO2. The topological polar surface area (TPSA) is 38.3 Å². The van der Waals surface area contributed by atoms with Crippen molar-refractivity contribution in [2.75, 3.05) is 13.2 Å². The molecule has 3 nitrogen and oxygen atoms in total. The van der Waals surface area contributed by atoms with Crippen LogP contribution in [0.25, 0.3) is 0 Å². The molecule has 1 aromatic carbocycles. The Morgan fingerprint density at radius 3 is 2.22 bits per heavy atom. The number of hydrogen-bond acceptors (Lipinski definition) is 2. The Hall–Kier alpha value is -1.22. The molecule has 0 spiro atoms. The third-order valence-electron chi connectivity index (χ3n) is 5.99. The normalized spacial score (nSPS) is 34.4. The first-order valence-electron chi connectivity index (χ1n) is 8.80. The van der Waals surface area contributed by atoms with Crippen molar-refractivity contribution >= 4 is 17.5 Å². The molecule has 5 rings (SSSR count). The van der Waals surface area contributed by atoms with Crippen LogP contribution in [-0.2, 0) is 4.79 Å². The van der Waals surface area contributed by atoms with Gasteiger partial charge in [-0.15, -0.1) is 0 Å². The summed E-state index contributed by atoms with van der Waals surface area (Å²) >= 11 is 5.85. The summed E-state index contributed by atoms with van der Waals surface area (Å²) in [5, 5.41) is 3.83. The van der Waals surface area contributed by atoms with Crippen LogP contribution in [0, 0.1) is 23.2 Å². The van der Waals surface area contributed by atoms with E-state index < -0.39 is 0 Å². The van der Waals surface area contributed by atoms with E-state index in [0.717, 1.165) is 42.8 Å². The van der Waals surface area contributed by atoms with Gasteiger partial charge in [-0.3, -0.25) is 4.79 Å². The minimum atomic E-state index is -0.0605. The highest BCUT2D eigenvalue weighted by Crippen LogP contribution is 2.60. The monoisotopic (exact) mass is 333 g/mol. The maximum Gasteiger partial charge on any atom is 0.226 e. The van der Waals surface area contributed by atoms with Crippen molar-refractivity contribution in [3.05, 3.63) is 29.3 Å². The Morgan fingerprint density at radius 1 is 1.09 bits per heavy atom. The van der Waals surface area contributed by atoms with Crippen molar-refractivity contribution in [3.8, 4) is 5.75 Å². The van der Waals surface area contributed by atoms with E-state index in [1.807, 2.05) is 24.3 Å². The zero-order valence-corrected chi connectivity index (χ0v) is 14.1. The van der Waals surface area contributed by atoms with Gasteiger partial charge in [0.1, 0.15) is 12.4 Å². The van der Waals surface area contributed by atoms with Crippen LogP contribution >= 0.6 is 11.6 Å². The molecule has 4 fully saturated rings. The molecule has 0 radical (unpaired) electrons. The maximum absolute atomic E-state index is 12.8. The van der Waals surface area contributed by atoms with Crippen LogP contribution in [0.1, 0.15) is 38.5 Å². The minimum absolute atomic E-state index is 0.0605. The van der Waals surface area contributed by atoms with Gasteiger partial charge in [0, 0.05) is 10.4 Å². The fraction of sp³-hybridized carbons (Fsp3) is 0.632. The molecule has 4 saturated carbocycles. The molecule has 4 bridgehead atoms. The summed E-state index contributed by atoms with van der Waals surface area (Å²) < 4.78 is 5.66. The molecule has 1 aromatic rings. The summed E-state index contributed by atoms with van der Waals surface area (Å²) in [5.41, 5.74) is -0.0605. The van der Waals surface area contributed by atoms with Gasteiger partial charge in [0.15, 0.2) is 0 Å². The summed E-state index contributed by atoms with van der Waals surface area (Å²) in [5.74, 6) is 3.47. The number of hydrogen-bond donors (Lipinski definition) is 1. The Labute approximate surface area is 142 Å². The third-order valence-corrected chi connectivity index (χ3v) is 6.24. The van der Waals surface area contributed by atoms with Crippen molar-refractivity contribution < 1.29 is 9.53 Å². The molecule has 0 saturated heterocycles. The van der Waals surface area contributed by atoms with Gasteiger partial charge in [-0.05, 0) is 80.5 Å². The van der Waals surface area contributed by atoms with Crippen LogP contribution in [0.5, 0.6) is 5.75 Å². The first-order valence-corrected chi connectivity index (χ1v) is 9.17. The molecular weight excluding hydrogens is 310 g/mol. The number of carbonyl (C=O) groups excluding carboxylic acids is 1. The second-order valence-electron chi connectivity index (χ2n) is 7.76. The van der Waals surface area contributed by atoms with E-state index in [4.69, 9.17) is 16.3 Å². The van der Waals surface area contributed by atoms with Crippen molar-refractivity contribution in [3.63, 3.8) is 0 Å².